The van der Waals surface area contributed by atoms with Gasteiger partial charge in [0.1, 0.15) is 23.1 Å². The van der Waals surface area contributed by atoms with Crippen LogP contribution in [0.15, 0.2) is 0 Å². The molecular formula is C32H50O6. The van der Waals surface area contributed by atoms with Crippen LogP contribution in [0.5, 0.6) is 0 Å². The van der Waals surface area contributed by atoms with Crippen molar-refractivity contribution < 1.29 is 28.9 Å². The molecule has 1 spiro atoms. The maximum atomic E-state index is 13.1. The zero-order valence-electron chi connectivity index (χ0n) is 25.2. The minimum Gasteiger partial charge on any atom is -0.462 e. The Balaban J connectivity index is 1.48. The van der Waals surface area contributed by atoms with Gasteiger partial charge in [-0.25, -0.2) is 0 Å². The largest absolute Gasteiger partial charge is 0.462 e. The maximum absolute atomic E-state index is 13.1. The van der Waals surface area contributed by atoms with Crippen molar-refractivity contribution in [3.63, 3.8) is 0 Å². The van der Waals surface area contributed by atoms with Crippen LogP contribution in [0.4, 0.5) is 0 Å². The lowest BCUT2D eigenvalue weighted by Gasteiger charge is -2.70. The fourth-order valence-electron chi connectivity index (χ4n) is 11.8. The summed E-state index contributed by atoms with van der Waals surface area (Å²) >= 11 is 0. The Labute approximate surface area is 228 Å². The van der Waals surface area contributed by atoms with E-state index in [1.165, 1.54) is 6.92 Å². The number of esters is 1. The molecular weight excluding hydrogens is 480 g/mol. The molecule has 214 valence electrons. The Morgan fingerprint density at radius 3 is 2.21 bits per heavy atom. The number of hydrogen-bond donors (Lipinski definition) is 1. The summed E-state index contributed by atoms with van der Waals surface area (Å²) in [5.74, 6) is -0.224. The van der Waals surface area contributed by atoms with Crippen molar-refractivity contribution >= 4 is 11.8 Å². The van der Waals surface area contributed by atoms with E-state index < -0.39 is 22.6 Å². The molecule has 4 aliphatic carbocycles. The number of carbonyl (C=O) groups excluding carboxylic acids is 2. The van der Waals surface area contributed by atoms with Gasteiger partial charge in [-0.3, -0.25) is 9.59 Å². The Morgan fingerprint density at radius 2 is 1.61 bits per heavy atom. The second kappa shape index (κ2) is 7.45. The van der Waals surface area contributed by atoms with Gasteiger partial charge in [-0.1, -0.05) is 34.6 Å². The van der Waals surface area contributed by atoms with E-state index in [0.717, 1.165) is 44.9 Å². The molecule has 6 fully saturated rings. The predicted molar refractivity (Wildman–Crippen MR) is 143 cm³/mol. The highest BCUT2D eigenvalue weighted by molar-refractivity contribution is 5.85. The van der Waals surface area contributed by atoms with E-state index in [0.29, 0.717) is 30.5 Å². The predicted octanol–water partition coefficient (Wildman–Crippen LogP) is 5.97. The number of ketones is 1. The van der Waals surface area contributed by atoms with Crippen LogP contribution in [0.3, 0.4) is 0 Å². The van der Waals surface area contributed by atoms with Gasteiger partial charge in [0.05, 0.1) is 5.60 Å². The van der Waals surface area contributed by atoms with Crippen LogP contribution in [0.25, 0.3) is 0 Å². The summed E-state index contributed by atoms with van der Waals surface area (Å²) in [6, 6.07) is 0. The van der Waals surface area contributed by atoms with Crippen LogP contribution >= 0.6 is 0 Å². The molecule has 0 aromatic rings. The van der Waals surface area contributed by atoms with Gasteiger partial charge in [-0.05, 0) is 93.8 Å². The molecule has 2 bridgehead atoms. The molecule has 2 aliphatic heterocycles. The molecule has 2 heterocycles. The van der Waals surface area contributed by atoms with Crippen molar-refractivity contribution in [2.24, 2.45) is 39.4 Å². The highest BCUT2D eigenvalue weighted by atomic mass is 16.8. The van der Waals surface area contributed by atoms with E-state index in [1.54, 1.807) is 13.8 Å². The second-order valence-electron chi connectivity index (χ2n) is 16.1. The molecule has 10 atom stereocenters. The van der Waals surface area contributed by atoms with E-state index in [1.807, 2.05) is 0 Å². The summed E-state index contributed by atoms with van der Waals surface area (Å²) in [5, 5.41) is 11.2. The molecule has 6 nitrogen and oxygen atoms in total. The van der Waals surface area contributed by atoms with Gasteiger partial charge in [0.2, 0.25) is 0 Å². The van der Waals surface area contributed by atoms with Crippen LogP contribution in [0.2, 0.25) is 0 Å². The van der Waals surface area contributed by atoms with Gasteiger partial charge in [-0.2, -0.15) is 0 Å². The van der Waals surface area contributed by atoms with Crippen LogP contribution in [-0.2, 0) is 23.8 Å². The van der Waals surface area contributed by atoms with Crippen LogP contribution in [-0.4, -0.2) is 45.6 Å². The molecule has 0 aromatic carbocycles. The van der Waals surface area contributed by atoms with E-state index >= 15 is 0 Å². The number of ether oxygens (including phenoxy) is 3. The van der Waals surface area contributed by atoms with Gasteiger partial charge in [0.25, 0.3) is 0 Å². The molecule has 6 aliphatic rings. The quantitative estimate of drug-likeness (QED) is 0.443. The summed E-state index contributed by atoms with van der Waals surface area (Å²) in [6.07, 6.45) is 7.50. The fourth-order valence-corrected chi connectivity index (χ4v) is 11.8. The minimum atomic E-state index is -1.14. The van der Waals surface area contributed by atoms with Crippen molar-refractivity contribution in [2.75, 3.05) is 0 Å². The summed E-state index contributed by atoms with van der Waals surface area (Å²) in [5.41, 5.74) is -2.73. The molecule has 0 radical (unpaired) electrons. The van der Waals surface area contributed by atoms with Crippen molar-refractivity contribution in [2.45, 2.75) is 149 Å². The Morgan fingerprint density at radius 1 is 0.921 bits per heavy atom. The van der Waals surface area contributed by atoms with E-state index in [9.17, 15) is 14.7 Å². The standard InChI is InChI=1S/C32H50O6/c1-19(33)36-20-18-22-27(6)12-11-23(34)25(2,3)21(27)10-13-28(22,7)29(8)14-16-31(24(20)29)30(9)15-17-32(37-30,38-31)26(4,5)35/h20-22,24,35H,10-18H2,1-9H3. The Hall–Kier alpha value is -0.980. The molecule has 6 rings (SSSR count). The topological polar surface area (TPSA) is 82.1 Å². The zero-order valence-corrected chi connectivity index (χ0v) is 25.2. The van der Waals surface area contributed by atoms with E-state index in [4.69, 9.17) is 14.2 Å². The number of Topliss-reactive ketones (excluding diaryl/α,β-unsaturated/α-hetero) is 1. The average molecular weight is 531 g/mol. The number of fused-ring (bicyclic) bond motifs is 9. The van der Waals surface area contributed by atoms with Crippen molar-refractivity contribution in [3.8, 4) is 0 Å². The molecule has 1 N–H and O–H groups in total. The van der Waals surface area contributed by atoms with Gasteiger partial charge >= 0.3 is 5.97 Å². The van der Waals surface area contributed by atoms with Gasteiger partial charge in [-0.15, -0.1) is 0 Å². The third-order valence-electron chi connectivity index (χ3n) is 14.0. The molecule has 0 amide bonds. The van der Waals surface area contributed by atoms with Crippen LogP contribution in [0, 0.1) is 39.4 Å². The third kappa shape index (κ3) is 2.91. The highest BCUT2D eigenvalue weighted by Crippen LogP contribution is 2.79. The van der Waals surface area contributed by atoms with E-state index in [-0.39, 0.29) is 39.7 Å². The number of hydrogen-bond acceptors (Lipinski definition) is 6. The fraction of sp³-hybridized carbons (Fsp3) is 0.938. The Bertz CT molecular complexity index is 1080. The maximum Gasteiger partial charge on any atom is 0.302 e. The first kappa shape index (κ1) is 27.2. The van der Waals surface area contributed by atoms with Crippen LogP contribution < -0.4 is 0 Å². The highest BCUT2D eigenvalue weighted by Gasteiger charge is 2.82. The van der Waals surface area contributed by atoms with Gasteiger partial charge < -0.3 is 19.3 Å². The van der Waals surface area contributed by atoms with Gasteiger partial charge in [0, 0.05) is 31.1 Å². The van der Waals surface area contributed by atoms with Crippen molar-refractivity contribution in [1.29, 1.82) is 0 Å². The SMILES string of the molecule is CC(=O)OC1CC2C3(C)CCC(=O)C(C)(C)C3CCC2(C)C2(C)CCC3(OC4(C(C)(C)O)CCC3(C)O4)C12. The molecule has 4 saturated carbocycles. The summed E-state index contributed by atoms with van der Waals surface area (Å²) in [6.45, 7) is 19.0. The lowest BCUT2D eigenvalue weighted by molar-refractivity contribution is -0.294. The summed E-state index contributed by atoms with van der Waals surface area (Å²) < 4.78 is 20.2. The Kier molecular flexibility index (Phi) is 5.33. The number of aliphatic hydroxyl groups is 1. The lowest BCUT2D eigenvalue weighted by Crippen LogP contribution is -2.69. The molecule has 10 unspecified atom stereocenters. The molecule has 6 heteroatoms. The zero-order chi connectivity index (χ0) is 27.9. The first-order valence-electron chi connectivity index (χ1n) is 15.2. The van der Waals surface area contributed by atoms with Crippen LogP contribution in [0.1, 0.15) is 120 Å². The van der Waals surface area contributed by atoms with Gasteiger partial charge in [0.15, 0.2) is 5.79 Å². The minimum absolute atomic E-state index is 0.0107. The second-order valence-corrected chi connectivity index (χ2v) is 16.1. The molecule has 2 saturated heterocycles. The first-order chi connectivity index (χ1) is 17.3. The summed E-state index contributed by atoms with van der Waals surface area (Å²) in [7, 11) is 0. The average Bonchev–Trinajstić information content (AvgIpc) is 3.39. The number of rotatable bonds is 2. The lowest BCUT2D eigenvalue weighted by atomic mass is 9.35. The third-order valence-corrected chi connectivity index (χ3v) is 14.0. The van der Waals surface area contributed by atoms with Crippen molar-refractivity contribution in [1.82, 2.24) is 0 Å². The molecule has 38 heavy (non-hydrogen) atoms. The first-order valence-corrected chi connectivity index (χ1v) is 15.2. The number of carbonyl (C=O) groups is 2. The smallest absolute Gasteiger partial charge is 0.302 e. The molecule has 0 aromatic heterocycles. The summed E-state index contributed by atoms with van der Waals surface area (Å²) in [4.78, 5) is 25.7. The van der Waals surface area contributed by atoms with E-state index in [2.05, 4.69) is 41.5 Å². The normalized spacial score (nSPS) is 54.9. The van der Waals surface area contributed by atoms with Crippen molar-refractivity contribution in [3.05, 3.63) is 0 Å². The monoisotopic (exact) mass is 530 g/mol.